The maximum Gasteiger partial charge on any atom is 0.238 e. The number of hydrogen-bond donors (Lipinski definition) is 2. The maximum atomic E-state index is 12.6. The standard InChI is InChI=1S/C17H15Cl2N3OS/c1-2-15(16(23)20-14-9-10(18)7-8-11(14)19)24-17-21-12-5-3-4-6-13(12)22-17/h3-9,15H,2H2,1H3,(H,20,23)(H,21,22). The normalized spacial score (nSPS) is 12.3. The molecule has 1 amide bonds. The molecule has 0 aliphatic heterocycles. The summed E-state index contributed by atoms with van der Waals surface area (Å²) in [5.41, 5.74) is 2.35. The second-order valence-electron chi connectivity index (χ2n) is 5.19. The molecule has 0 saturated heterocycles. The average molecular weight is 380 g/mol. The summed E-state index contributed by atoms with van der Waals surface area (Å²) in [7, 11) is 0. The molecule has 2 N–H and O–H groups in total. The smallest absolute Gasteiger partial charge is 0.238 e. The van der Waals surface area contributed by atoms with Crippen LogP contribution in [0.1, 0.15) is 13.3 Å². The Hall–Kier alpha value is -1.69. The van der Waals surface area contributed by atoms with Crippen molar-refractivity contribution >= 4 is 57.6 Å². The molecular formula is C17H15Cl2N3OS. The fourth-order valence-corrected chi connectivity index (χ4v) is 3.51. The van der Waals surface area contributed by atoms with E-state index in [0.29, 0.717) is 22.2 Å². The minimum absolute atomic E-state index is 0.132. The summed E-state index contributed by atoms with van der Waals surface area (Å²) in [6, 6.07) is 12.7. The molecule has 0 spiro atoms. The summed E-state index contributed by atoms with van der Waals surface area (Å²) in [6.45, 7) is 1.96. The molecule has 4 nitrogen and oxygen atoms in total. The molecule has 0 aliphatic carbocycles. The van der Waals surface area contributed by atoms with Crippen molar-refractivity contribution in [1.82, 2.24) is 9.97 Å². The van der Waals surface area contributed by atoms with Crippen LogP contribution in [0.2, 0.25) is 10.0 Å². The number of amides is 1. The molecular weight excluding hydrogens is 365 g/mol. The lowest BCUT2D eigenvalue weighted by atomic mass is 10.2. The number of H-pyrrole nitrogens is 1. The van der Waals surface area contributed by atoms with Gasteiger partial charge in [-0.1, -0.05) is 54.0 Å². The van der Waals surface area contributed by atoms with Gasteiger partial charge >= 0.3 is 0 Å². The summed E-state index contributed by atoms with van der Waals surface area (Å²) in [5.74, 6) is -0.132. The SMILES string of the molecule is CCC(Sc1nc2ccccc2[nH]1)C(=O)Nc1cc(Cl)ccc1Cl. The van der Waals surface area contributed by atoms with E-state index in [2.05, 4.69) is 15.3 Å². The minimum Gasteiger partial charge on any atom is -0.333 e. The Bertz CT molecular complexity index is 848. The second-order valence-corrected chi connectivity index (χ2v) is 7.22. The van der Waals surface area contributed by atoms with E-state index in [4.69, 9.17) is 23.2 Å². The highest BCUT2D eigenvalue weighted by molar-refractivity contribution is 8.00. The van der Waals surface area contributed by atoms with E-state index in [1.165, 1.54) is 11.8 Å². The number of benzene rings is 2. The highest BCUT2D eigenvalue weighted by Crippen LogP contribution is 2.29. The molecule has 0 radical (unpaired) electrons. The molecule has 0 saturated carbocycles. The number of hydrogen-bond acceptors (Lipinski definition) is 3. The lowest BCUT2D eigenvalue weighted by molar-refractivity contribution is -0.115. The molecule has 7 heteroatoms. The molecule has 1 heterocycles. The zero-order valence-electron chi connectivity index (χ0n) is 12.8. The molecule has 0 bridgehead atoms. The van der Waals surface area contributed by atoms with Crippen molar-refractivity contribution < 1.29 is 4.79 Å². The third-order valence-electron chi connectivity index (χ3n) is 3.47. The predicted octanol–water partition coefficient (Wildman–Crippen LogP) is 5.38. The van der Waals surface area contributed by atoms with Crippen LogP contribution in [-0.2, 0) is 4.79 Å². The van der Waals surface area contributed by atoms with Crippen LogP contribution in [0.4, 0.5) is 5.69 Å². The number of para-hydroxylation sites is 2. The van der Waals surface area contributed by atoms with Crippen LogP contribution in [0, 0.1) is 0 Å². The zero-order chi connectivity index (χ0) is 17.1. The molecule has 124 valence electrons. The number of anilines is 1. The van der Waals surface area contributed by atoms with E-state index < -0.39 is 0 Å². The lowest BCUT2D eigenvalue weighted by Crippen LogP contribution is -2.24. The van der Waals surface area contributed by atoms with Crippen molar-refractivity contribution in [2.24, 2.45) is 0 Å². The number of carbonyl (C=O) groups is 1. The van der Waals surface area contributed by atoms with Gasteiger partial charge in [0.25, 0.3) is 0 Å². The quantitative estimate of drug-likeness (QED) is 0.585. The van der Waals surface area contributed by atoms with Gasteiger partial charge in [0.2, 0.25) is 5.91 Å². The van der Waals surface area contributed by atoms with Crippen LogP contribution >= 0.6 is 35.0 Å². The number of nitrogens with zero attached hydrogens (tertiary/aromatic N) is 1. The summed E-state index contributed by atoms with van der Waals surface area (Å²) in [5, 5.41) is 4.24. The van der Waals surface area contributed by atoms with Gasteiger partial charge in [0.1, 0.15) is 0 Å². The van der Waals surface area contributed by atoms with E-state index in [9.17, 15) is 4.79 Å². The van der Waals surface area contributed by atoms with Crippen LogP contribution in [0.5, 0.6) is 0 Å². The Kier molecular flexibility index (Phi) is 5.33. The van der Waals surface area contributed by atoms with Crippen LogP contribution in [0.25, 0.3) is 11.0 Å². The molecule has 1 atom stereocenters. The monoisotopic (exact) mass is 379 g/mol. The minimum atomic E-state index is -0.291. The summed E-state index contributed by atoms with van der Waals surface area (Å²) < 4.78 is 0. The molecule has 24 heavy (non-hydrogen) atoms. The first-order valence-electron chi connectivity index (χ1n) is 7.44. The summed E-state index contributed by atoms with van der Waals surface area (Å²) >= 11 is 13.5. The van der Waals surface area contributed by atoms with Crippen molar-refractivity contribution in [2.75, 3.05) is 5.32 Å². The Morgan fingerprint density at radius 1 is 1.29 bits per heavy atom. The fourth-order valence-electron chi connectivity index (χ4n) is 2.25. The topological polar surface area (TPSA) is 57.8 Å². The van der Waals surface area contributed by atoms with Gasteiger partial charge in [0.05, 0.1) is 27.0 Å². The Morgan fingerprint density at radius 3 is 2.83 bits per heavy atom. The van der Waals surface area contributed by atoms with Crippen molar-refractivity contribution in [2.45, 2.75) is 23.8 Å². The Morgan fingerprint density at radius 2 is 2.08 bits per heavy atom. The number of aromatic nitrogens is 2. The van der Waals surface area contributed by atoms with Crippen molar-refractivity contribution in [3.8, 4) is 0 Å². The lowest BCUT2D eigenvalue weighted by Gasteiger charge is -2.14. The van der Waals surface area contributed by atoms with Gasteiger partial charge in [-0.2, -0.15) is 0 Å². The largest absolute Gasteiger partial charge is 0.333 e. The third kappa shape index (κ3) is 3.86. The highest BCUT2D eigenvalue weighted by atomic mass is 35.5. The van der Waals surface area contributed by atoms with Crippen molar-refractivity contribution in [3.05, 3.63) is 52.5 Å². The van der Waals surface area contributed by atoms with Gasteiger partial charge in [-0.3, -0.25) is 4.79 Å². The third-order valence-corrected chi connectivity index (χ3v) is 5.28. The molecule has 2 aromatic carbocycles. The highest BCUT2D eigenvalue weighted by Gasteiger charge is 2.20. The van der Waals surface area contributed by atoms with Gasteiger partial charge < -0.3 is 10.3 Å². The molecule has 3 aromatic rings. The molecule has 3 rings (SSSR count). The van der Waals surface area contributed by atoms with Crippen LogP contribution < -0.4 is 5.32 Å². The van der Waals surface area contributed by atoms with Crippen LogP contribution in [-0.4, -0.2) is 21.1 Å². The fraction of sp³-hybridized carbons (Fsp3) is 0.176. The second kappa shape index (κ2) is 7.47. The number of fused-ring (bicyclic) bond motifs is 1. The first kappa shape index (κ1) is 17.1. The van der Waals surface area contributed by atoms with E-state index in [1.54, 1.807) is 18.2 Å². The predicted molar refractivity (Wildman–Crippen MR) is 101 cm³/mol. The van der Waals surface area contributed by atoms with Gasteiger partial charge in [-0.05, 0) is 36.8 Å². The maximum absolute atomic E-state index is 12.6. The number of halogens is 2. The van der Waals surface area contributed by atoms with E-state index in [1.807, 2.05) is 31.2 Å². The Labute approximate surface area is 153 Å². The van der Waals surface area contributed by atoms with Gasteiger partial charge in [-0.15, -0.1) is 0 Å². The molecule has 1 unspecified atom stereocenters. The summed E-state index contributed by atoms with van der Waals surface area (Å²) in [6.07, 6.45) is 0.658. The Balaban J connectivity index is 1.75. The average Bonchev–Trinajstić information content (AvgIpc) is 2.98. The molecule has 0 aliphatic rings. The van der Waals surface area contributed by atoms with Crippen LogP contribution in [0.3, 0.4) is 0 Å². The first-order valence-corrected chi connectivity index (χ1v) is 9.07. The first-order chi connectivity index (χ1) is 11.6. The molecule has 0 fully saturated rings. The van der Waals surface area contributed by atoms with Crippen molar-refractivity contribution in [1.29, 1.82) is 0 Å². The van der Waals surface area contributed by atoms with E-state index >= 15 is 0 Å². The van der Waals surface area contributed by atoms with Crippen molar-refractivity contribution in [3.63, 3.8) is 0 Å². The zero-order valence-corrected chi connectivity index (χ0v) is 15.2. The van der Waals surface area contributed by atoms with E-state index in [0.717, 1.165) is 16.2 Å². The van der Waals surface area contributed by atoms with Gasteiger partial charge in [0, 0.05) is 5.02 Å². The number of carbonyl (C=O) groups excluding carboxylic acids is 1. The number of nitrogens with one attached hydrogen (secondary N) is 2. The number of aromatic amines is 1. The van der Waals surface area contributed by atoms with E-state index in [-0.39, 0.29) is 11.2 Å². The van der Waals surface area contributed by atoms with Crippen LogP contribution in [0.15, 0.2) is 47.6 Å². The van der Waals surface area contributed by atoms with Gasteiger partial charge in [-0.25, -0.2) is 4.98 Å². The molecule has 1 aromatic heterocycles. The summed E-state index contributed by atoms with van der Waals surface area (Å²) in [4.78, 5) is 20.3. The number of thioether (sulfide) groups is 1. The van der Waals surface area contributed by atoms with Gasteiger partial charge in [0.15, 0.2) is 5.16 Å². The number of imidazole rings is 1. The number of rotatable bonds is 5.